The summed E-state index contributed by atoms with van der Waals surface area (Å²) < 4.78 is 0. The fraction of sp³-hybridized carbons (Fsp3) is 0.143. The Kier molecular flexibility index (Phi) is 4.16. The Morgan fingerprint density at radius 2 is 2.18 bits per heavy atom. The summed E-state index contributed by atoms with van der Waals surface area (Å²) in [5.41, 5.74) is 0.311. The first-order valence-electron chi connectivity index (χ1n) is 2.69. The Bertz CT molecular complexity index is 249. The molecule has 0 saturated carbocycles. The molecule has 1 aliphatic carbocycles. The molecular formula is C7H6Cl2O2. The highest BCUT2D eigenvalue weighted by Gasteiger charge is 2.14. The van der Waals surface area contributed by atoms with Crippen LogP contribution in [0.2, 0.25) is 0 Å². The Morgan fingerprint density at radius 1 is 1.55 bits per heavy atom. The molecule has 0 aromatic rings. The smallest absolute Gasteiger partial charge is 0.131 e. The quantitative estimate of drug-likeness (QED) is 0.421. The number of hydrogen-bond donors (Lipinski definition) is 0. The van der Waals surface area contributed by atoms with Crippen LogP contribution in [0, 0.1) is 0 Å². The summed E-state index contributed by atoms with van der Waals surface area (Å²) in [7, 11) is 0. The van der Waals surface area contributed by atoms with Crippen LogP contribution in [0.1, 0.15) is 0 Å². The van der Waals surface area contributed by atoms with Crippen molar-refractivity contribution in [3.8, 4) is 0 Å². The molecule has 0 heterocycles. The van der Waals surface area contributed by atoms with E-state index < -0.39 is 5.38 Å². The highest BCUT2D eigenvalue weighted by Crippen LogP contribution is 2.24. The van der Waals surface area contributed by atoms with Crippen molar-refractivity contribution in [1.29, 1.82) is 0 Å². The summed E-state index contributed by atoms with van der Waals surface area (Å²) >= 11 is 11.3. The molecule has 1 unspecified atom stereocenters. The molecule has 11 heavy (non-hydrogen) atoms. The summed E-state index contributed by atoms with van der Waals surface area (Å²) in [5.74, 6) is 1.69. The Morgan fingerprint density at radius 3 is 2.55 bits per heavy atom. The number of halogens is 2. The van der Waals surface area contributed by atoms with Crippen LogP contribution in [0.25, 0.3) is 0 Å². The maximum absolute atomic E-state index is 10.2. The van der Waals surface area contributed by atoms with Gasteiger partial charge in [-0.05, 0) is 6.08 Å². The number of rotatable bonds is 0. The summed E-state index contributed by atoms with van der Waals surface area (Å²) in [6.07, 6.45) is 5.00. The van der Waals surface area contributed by atoms with Crippen LogP contribution in [0.4, 0.5) is 0 Å². The molecule has 0 bridgehead atoms. The molecule has 1 atom stereocenters. The van der Waals surface area contributed by atoms with Crippen LogP contribution in [0.3, 0.4) is 0 Å². The minimum atomic E-state index is -0.421. The third kappa shape index (κ3) is 2.21. The van der Waals surface area contributed by atoms with E-state index in [1.54, 1.807) is 24.2 Å². The number of carbonyl (C=O) groups excluding carboxylic acids is 1. The van der Waals surface area contributed by atoms with E-state index in [9.17, 15) is 4.79 Å². The molecule has 60 valence electrons. The molecule has 0 radical (unpaired) electrons. The van der Waals surface area contributed by atoms with E-state index in [2.05, 4.69) is 0 Å². The van der Waals surface area contributed by atoms with Crippen LogP contribution in [-0.4, -0.2) is 16.8 Å². The van der Waals surface area contributed by atoms with E-state index >= 15 is 0 Å². The summed E-state index contributed by atoms with van der Waals surface area (Å²) in [6, 6.07) is 0. The molecule has 0 fully saturated rings. The van der Waals surface area contributed by atoms with E-state index in [1.165, 1.54) is 0 Å². The molecule has 0 saturated heterocycles. The zero-order valence-electron chi connectivity index (χ0n) is 5.47. The predicted octanol–water partition coefficient (Wildman–Crippen LogP) is 1.22. The Hall–Kier alpha value is -0.530. The molecule has 1 aliphatic rings. The number of hydrogen-bond acceptors (Lipinski definition) is 1. The standard InChI is InChI=1S/C7H4Cl2O.H2O/c8-6-2-1-3-7(9)5(6)4-10;/h1-3,6H;1H2. The molecular weight excluding hydrogens is 187 g/mol. The van der Waals surface area contributed by atoms with Gasteiger partial charge in [-0.25, -0.2) is 4.79 Å². The highest BCUT2D eigenvalue weighted by atomic mass is 35.5. The Labute approximate surface area is 74.1 Å². The average Bonchev–Trinajstić information content (AvgIpc) is 1.88. The fourth-order valence-corrected chi connectivity index (χ4v) is 1.19. The van der Waals surface area contributed by atoms with Gasteiger partial charge in [-0.3, -0.25) is 0 Å². The highest BCUT2D eigenvalue weighted by molar-refractivity contribution is 6.36. The molecule has 2 nitrogen and oxygen atoms in total. The van der Waals surface area contributed by atoms with Crippen molar-refractivity contribution in [1.82, 2.24) is 0 Å². The van der Waals surface area contributed by atoms with Gasteiger partial charge < -0.3 is 5.48 Å². The maximum Gasteiger partial charge on any atom is 0.131 e. The van der Waals surface area contributed by atoms with Crippen LogP contribution >= 0.6 is 23.2 Å². The van der Waals surface area contributed by atoms with E-state index in [1.807, 2.05) is 0 Å². The second-order valence-corrected chi connectivity index (χ2v) is 2.69. The second kappa shape index (κ2) is 4.37. The lowest BCUT2D eigenvalue weighted by atomic mass is 10.1. The van der Waals surface area contributed by atoms with Crippen molar-refractivity contribution in [2.24, 2.45) is 0 Å². The van der Waals surface area contributed by atoms with Gasteiger partial charge in [-0.1, -0.05) is 23.8 Å². The van der Waals surface area contributed by atoms with Crippen molar-refractivity contribution in [3.63, 3.8) is 0 Å². The van der Waals surface area contributed by atoms with Crippen molar-refractivity contribution < 1.29 is 10.3 Å². The van der Waals surface area contributed by atoms with Crippen molar-refractivity contribution in [2.45, 2.75) is 5.38 Å². The lowest BCUT2D eigenvalue weighted by Crippen LogP contribution is -2.03. The van der Waals surface area contributed by atoms with Crippen molar-refractivity contribution in [3.05, 3.63) is 28.8 Å². The summed E-state index contributed by atoms with van der Waals surface area (Å²) in [5, 5.41) is -0.0486. The number of allylic oxidation sites excluding steroid dienone is 5. The SMILES string of the molecule is O.O=C=C1C(Cl)=CC=CC1Cl. The van der Waals surface area contributed by atoms with Gasteiger partial charge in [0.25, 0.3) is 0 Å². The molecule has 0 aliphatic heterocycles. The van der Waals surface area contributed by atoms with E-state index in [0.29, 0.717) is 10.6 Å². The minimum absolute atomic E-state index is 0. The van der Waals surface area contributed by atoms with Crippen molar-refractivity contribution >= 4 is 29.1 Å². The lowest BCUT2D eigenvalue weighted by molar-refractivity contribution is 0.567. The lowest BCUT2D eigenvalue weighted by Gasteiger charge is -2.07. The third-order valence-electron chi connectivity index (χ3n) is 1.17. The van der Waals surface area contributed by atoms with Crippen molar-refractivity contribution in [2.75, 3.05) is 0 Å². The molecule has 0 spiro atoms. The van der Waals surface area contributed by atoms with Gasteiger partial charge in [0.15, 0.2) is 0 Å². The van der Waals surface area contributed by atoms with Gasteiger partial charge >= 0.3 is 0 Å². The molecule has 0 aromatic heterocycles. The van der Waals surface area contributed by atoms with Gasteiger partial charge in [0.1, 0.15) is 5.94 Å². The fourth-order valence-electron chi connectivity index (χ4n) is 0.660. The van der Waals surface area contributed by atoms with Gasteiger partial charge in [0, 0.05) is 0 Å². The van der Waals surface area contributed by atoms with Crippen LogP contribution in [-0.2, 0) is 4.79 Å². The first-order valence-corrected chi connectivity index (χ1v) is 3.50. The van der Waals surface area contributed by atoms with E-state index in [0.717, 1.165) is 0 Å². The molecule has 0 amide bonds. The molecule has 4 heteroatoms. The molecule has 0 aromatic carbocycles. The Balaban J connectivity index is 0.000001000. The third-order valence-corrected chi connectivity index (χ3v) is 1.86. The molecule has 1 rings (SSSR count). The maximum atomic E-state index is 10.2. The van der Waals surface area contributed by atoms with Crippen LogP contribution < -0.4 is 0 Å². The van der Waals surface area contributed by atoms with E-state index in [-0.39, 0.29) is 5.48 Å². The van der Waals surface area contributed by atoms with E-state index in [4.69, 9.17) is 23.2 Å². The zero-order valence-corrected chi connectivity index (χ0v) is 6.99. The van der Waals surface area contributed by atoms with Gasteiger partial charge in [-0.2, -0.15) is 0 Å². The normalized spacial score (nSPS) is 21.8. The summed E-state index contributed by atoms with van der Waals surface area (Å²) in [6.45, 7) is 0. The van der Waals surface area contributed by atoms with Crippen LogP contribution in [0.5, 0.6) is 0 Å². The monoisotopic (exact) mass is 192 g/mol. The summed E-state index contributed by atoms with van der Waals surface area (Å²) in [4.78, 5) is 10.2. The first-order chi connectivity index (χ1) is 4.75. The minimum Gasteiger partial charge on any atom is -0.412 e. The first kappa shape index (κ1) is 10.5. The molecule has 2 N–H and O–H groups in total. The second-order valence-electron chi connectivity index (χ2n) is 1.82. The zero-order chi connectivity index (χ0) is 7.56. The predicted molar refractivity (Wildman–Crippen MR) is 45.5 cm³/mol. The largest absolute Gasteiger partial charge is 0.412 e. The number of alkyl halides is 1. The van der Waals surface area contributed by atoms with Gasteiger partial charge in [0.2, 0.25) is 0 Å². The van der Waals surface area contributed by atoms with Gasteiger partial charge in [0.05, 0.1) is 16.0 Å². The van der Waals surface area contributed by atoms with Crippen LogP contribution in [0.15, 0.2) is 28.8 Å². The average molecular weight is 193 g/mol. The topological polar surface area (TPSA) is 48.6 Å². The van der Waals surface area contributed by atoms with Gasteiger partial charge in [-0.15, -0.1) is 11.6 Å².